The van der Waals surface area contributed by atoms with Gasteiger partial charge >= 0.3 is 0 Å². The molecule has 0 unspecified atom stereocenters. The van der Waals surface area contributed by atoms with E-state index < -0.39 is 40.5 Å². The van der Waals surface area contributed by atoms with Gasteiger partial charge in [-0.05, 0) is 153 Å². The molecule has 0 heterocycles. The number of nitrogens with one attached hydrogen (secondary N) is 2. The number of nitrogens with zero attached hydrogens (tertiary/aromatic N) is 3. The quantitative estimate of drug-likeness (QED) is 0.0472. The largest absolute Gasteiger partial charge is 0.412 e. The summed E-state index contributed by atoms with van der Waals surface area (Å²) in [5.74, 6) is -0.0178. The van der Waals surface area contributed by atoms with Crippen LogP contribution in [0.3, 0.4) is 0 Å². The van der Waals surface area contributed by atoms with Crippen molar-refractivity contribution in [2.75, 3.05) is 63.6 Å². The molecule has 6 aromatic rings. The van der Waals surface area contributed by atoms with Gasteiger partial charge in [0.2, 0.25) is 0 Å². The van der Waals surface area contributed by atoms with Crippen LogP contribution in [-0.4, -0.2) is 70.8 Å². The van der Waals surface area contributed by atoms with Crippen molar-refractivity contribution < 1.29 is 84.6 Å². The average Bonchev–Trinajstić information content (AvgIpc) is 3.25. The molecule has 0 aliphatic heterocycles. The standard InChI is InChI=1S/C17H21N7.2C6H8N2O3S.2C6H7NO3S.Y/c1-10-8-12(4-6-14(10)18)22-16(20)24-17(21-3)23-13-5-7-15(19)11(2)9-13;2*7-4-1-2-5(8)6(3-4)12(9,10)11;2*7-5-1-3-6(4-2-5)11(8,9)10;/h4-9H,18-19H2,1-3H3,(H2-2,20,21,22,23,24);2*1-3H,7-8H2,(H,9,10,11);2*1-4H,7H2,(H,8,9,10);/q-2;;;;;. The molecular weight excluding hydrogens is 1080 g/mol. The maximum absolute atomic E-state index is 10.6. The second kappa shape index (κ2) is 27.0. The number of benzene rings is 6. The molecule has 6 rings (SSSR count). The fourth-order valence-corrected chi connectivity index (χ4v) is 7.12. The molecule has 381 valence electrons. The van der Waals surface area contributed by atoms with Crippen molar-refractivity contribution in [3.63, 3.8) is 0 Å². The summed E-state index contributed by atoms with van der Waals surface area (Å²) in [6.45, 7) is 3.80. The molecule has 0 aliphatic carbocycles. The van der Waals surface area contributed by atoms with Crippen molar-refractivity contribution in [1.29, 1.82) is 0 Å². The Morgan fingerprint density at radius 2 is 0.775 bits per heavy atom. The number of rotatable bonds is 6. The third-order valence-electron chi connectivity index (χ3n) is 8.46. The van der Waals surface area contributed by atoms with Crippen molar-refractivity contribution in [3.05, 3.63) is 143 Å². The first kappa shape index (κ1) is 62.2. The molecule has 0 aromatic heterocycles. The summed E-state index contributed by atoms with van der Waals surface area (Å²) in [5.41, 5.74) is 49.4. The monoisotopic (exact) mass is 1130 g/mol. The second-order valence-electron chi connectivity index (χ2n) is 14.0. The number of guanidine groups is 2. The number of nitrogens with two attached hydrogens (primary N) is 8. The van der Waals surface area contributed by atoms with Gasteiger partial charge in [0.25, 0.3) is 40.5 Å². The van der Waals surface area contributed by atoms with Gasteiger partial charge in [-0.3, -0.25) is 18.2 Å². The van der Waals surface area contributed by atoms with E-state index in [1.807, 2.05) is 32.0 Å². The van der Waals surface area contributed by atoms with E-state index in [9.17, 15) is 39.1 Å². The third kappa shape index (κ3) is 22.2. The maximum Gasteiger partial charge on any atom is 0.296 e. The average molecular weight is 1140 g/mol. The zero-order valence-electron chi connectivity index (χ0n) is 37.8. The molecule has 22 N–H and O–H groups in total. The first-order valence-corrected chi connectivity index (χ1v) is 24.9. The van der Waals surface area contributed by atoms with Crippen LogP contribution < -0.4 is 56.5 Å². The molecule has 0 fully saturated rings. The first-order chi connectivity index (χ1) is 32.2. The Labute approximate surface area is 435 Å². The van der Waals surface area contributed by atoms with Crippen molar-refractivity contribution in [1.82, 2.24) is 0 Å². The van der Waals surface area contributed by atoms with Crippen LogP contribution in [0.4, 0.5) is 56.9 Å². The summed E-state index contributed by atoms with van der Waals surface area (Å²) in [4.78, 5) is 3.02. The summed E-state index contributed by atoms with van der Waals surface area (Å²) in [6, 6.07) is 29.2. The smallest absolute Gasteiger partial charge is 0.296 e. The van der Waals surface area contributed by atoms with Crippen molar-refractivity contribution >= 4 is 109 Å². The SMILES string of the molecule is C[N-]/C(=N\C(=[N-])Nc1ccc(N)c(C)c1)Nc1ccc(N)c(C)c1.Nc1ccc(N)c(S(=O)(=O)O)c1.Nc1ccc(N)c(S(=O)(=O)O)c1.Nc1ccc(S(=O)(=O)O)cc1.Nc1ccc(S(=O)(=O)O)cc1.[Y]. The van der Waals surface area contributed by atoms with Crippen LogP contribution in [0.15, 0.2) is 146 Å². The van der Waals surface area contributed by atoms with E-state index in [-0.39, 0.29) is 87.0 Å². The Hall–Kier alpha value is -6.80. The number of anilines is 10. The number of hydrogen-bond acceptors (Lipinski definition) is 16. The van der Waals surface area contributed by atoms with Crippen LogP contribution in [-0.2, 0) is 73.2 Å². The summed E-state index contributed by atoms with van der Waals surface area (Å²) >= 11 is 0. The predicted octanol–water partition coefficient (Wildman–Crippen LogP) is 4.50. The molecule has 0 atom stereocenters. The minimum atomic E-state index is -4.26. The number of aliphatic imine (C=N–C) groups is 1. The van der Waals surface area contributed by atoms with Gasteiger partial charge in [0, 0.05) is 78.8 Å². The van der Waals surface area contributed by atoms with E-state index in [0.29, 0.717) is 28.4 Å². The van der Waals surface area contributed by atoms with Crippen LogP contribution in [0, 0.1) is 13.8 Å². The van der Waals surface area contributed by atoms with E-state index in [0.717, 1.165) is 28.9 Å². The Morgan fingerprint density at radius 3 is 1.06 bits per heavy atom. The molecule has 0 spiro atoms. The molecular formula is C41H51N13O12S4Y-2. The van der Waals surface area contributed by atoms with Crippen LogP contribution >= 0.6 is 0 Å². The van der Waals surface area contributed by atoms with Crippen LogP contribution in [0.25, 0.3) is 10.7 Å². The van der Waals surface area contributed by atoms with Crippen molar-refractivity contribution in [2.45, 2.75) is 33.4 Å². The molecule has 30 heteroatoms. The van der Waals surface area contributed by atoms with Crippen molar-refractivity contribution in [3.8, 4) is 0 Å². The van der Waals surface area contributed by atoms with Gasteiger partial charge in [0.05, 0.1) is 21.2 Å². The summed E-state index contributed by atoms with van der Waals surface area (Å²) in [6.07, 6.45) is 0. The molecule has 0 amide bonds. The number of aryl methyl sites for hydroxylation is 2. The fourth-order valence-electron chi connectivity index (χ4n) is 4.86. The molecule has 71 heavy (non-hydrogen) atoms. The fraction of sp³-hybridized carbons (Fsp3) is 0.0732. The maximum atomic E-state index is 10.6. The molecule has 0 saturated heterocycles. The van der Waals surface area contributed by atoms with Gasteiger partial charge in [0.1, 0.15) is 9.79 Å². The topological polar surface area (TPSA) is 498 Å². The minimum absolute atomic E-state index is 0. The Kier molecular flexibility index (Phi) is 23.6. The molecule has 1 radical (unpaired) electrons. The Balaban J connectivity index is 0.000000463. The van der Waals surface area contributed by atoms with Gasteiger partial charge in [-0.25, -0.2) is 0 Å². The van der Waals surface area contributed by atoms with Crippen LogP contribution in [0.5, 0.6) is 0 Å². The number of hydrogen-bond donors (Lipinski definition) is 14. The predicted molar refractivity (Wildman–Crippen MR) is 275 cm³/mol. The van der Waals surface area contributed by atoms with Gasteiger partial charge < -0.3 is 72.2 Å². The minimum Gasteiger partial charge on any atom is -0.412 e. The Bertz CT molecular complexity index is 3130. The summed E-state index contributed by atoms with van der Waals surface area (Å²) in [7, 11) is -15.1. The molecule has 25 nitrogen and oxygen atoms in total. The molecule has 6 aromatic carbocycles. The number of nitrogen functional groups attached to an aromatic ring is 8. The molecule has 0 saturated carbocycles. The van der Waals surface area contributed by atoms with Gasteiger partial charge in [-0.15, -0.1) is 0 Å². The van der Waals surface area contributed by atoms with Crippen LogP contribution in [0.1, 0.15) is 11.1 Å². The van der Waals surface area contributed by atoms with Crippen molar-refractivity contribution in [2.24, 2.45) is 4.99 Å². The van der Waals surface area contributed by atoms with Gasteiger partial charge in [-0.1, -0.05) is 12.1 Å². The first-order valence-electron chi connectivity index (χ1n) is 19.1. The van der Waals surface area contributed by atoms with E-state index in [1.54, 1.807) is 25.2 Å². The van der Waals surface area contributed by atoms with Gasteiger partial charge in [0.15, 0.2) is 0 Å². The van der Waals surface area contributed by atoms with E-state index in [4.69, 9.17) is 64.1 Å². The molecule has 0 bridgehead atoms. The third-order valence-corrected chi connectivity index (χ3v) is 12.0. The van der Waals surface area contributed by atoms with E-state index in [1.165, 1.54) is 72.8 Å². The zero-order valence-corrected chi connectivity index (χ0v) is 43.9. The Morgan fingerprint density at radius 1 is 0.465 bits per heavy atom. The van der Waals surface area contributed by atoms with E-state index >= 15 is 0 Å². The van der Waals surface area contributed by atoms with Crippen LogP contribution in [0.2, 0.25) is 0 Å². The van der Waals surface area contributed by atoms with Gasteiger partial charge in [-0.2, -0.15) is 33.7 Å². The second-order valence-corrected chi connectivity index (χ2v) is 19.6. The normalized spacial score (nSPS) is 11.1. The summed E-state index contributed by atoms with van der Waals surface area (Å²) in [5, 5.41) is 19.8. The summed E-state index contributed by atoms with van der Waals surface area (Å²) < 4.78 is 119. The zero-order chi connectivity index (χ0) is 53.4. The molecule has 0 aliphatic rings. The van der Waals surface area contributed by atoms with E-state index in [2.05, 4.69) is 20.9 Å².